The van der Waals surface area contributed by atoms with Gasteiger partial charge in [-0.05, 0) is 24.3 Å². The highest BCUT2D eigenvalue weighted by Gasteiger charge is 2.41. The number of pyridine rings is 1. The molecule has 2 amide bonds. The molecule has 0 spiro atoms. The number of ether oxygens (including phenoxy) is 2. The van der Waals surface area contributed by atoms with Gasteiger partial charge in [-0.15, -0.1) is 0 Å². The van der Waals surface area contributed by atoms with E-state index in [1.807, 2.05) is 0 Å². The van der Waals surface area contributed by atoms with Gasteiger partial charge in [-0.2, -0.15) is 5.10 Å². The normalized spacial score (nSPS) is 13.1. The molecule has 0 atom stereocenters. The molecule has 1 aliphatic rings. The van der Waals surface area contributed by atoms with Crippen molar-refractivity contribution in [3.05, 3.63) is 64.8 Å². The molecule has 1 aliphatic heterocycles. The van der Waals surface area contributed by atoms with Crippen LogP contribution < -0.4 is 14.4 Å². The minimum Gasteiger partial charge on any atom is -0.497 e. The number of fused-ring (bicyclic) bond motifs is 3. The maximum absolute atomic E-state index is 13.5. The van der Waals surface area contributed by atoms with Crippen molar-refractivity contribution in [2.75, 3.05) is 19.1 Å². The highest BCUT2D eigenvalue weighted by Crippen LogP contribution is 2.40. The number of hydrogen-bond donors (Lipinski definition) is 1. The molecule has 9 heteroatoms. The van der Waals surface area contributed by atoms with Crippen LogP contribution in [0.1, 0.15) is 20.7 Å². The van der Waals surface area contributed by atoms with Gasteiger partial charge in [0.25, 0.3) is 11.8 Å². The summed E-state index contributed by atoms with van der Waals surface area (Å²) < 4.78 is 10.6. The summed E-state index contributed by atoms with van der Waals surface area (Å²) in [6.45, 7) is 0. The van der Waals surface area contributed by atoms with E-state index >= 15 is 0 Å². The Hall–Kier alpha value is -3.91. The topological polar surface area (TPSA) is 97.4 Å². The summed E-state index contributed by atoms with van der Waals surface area (Å²) >= 11 is 6.00. The van der Waals surface area contributed by atoms with Gasteiger partial charge in [-0.1, -0.05) is 23.7 Å². The van der Waals surface area contributed by atoms with Gasteiger partial charge in [-0.3, -0.25) is 14.7 Å². The van der Waals surface area contributed by atoms with Crippen molar-refractivity contribution in [2.45, 2.75) is 0 Å². The van der Waals surface area contributed by atoms with Gasteiger partial charge < -0.3 is 9.47 Å². The van der Waals surface area contributed by atoms with Crippen LogP contribution in [0.3, 0.4) is 0 Å². The molecule has 5 rings (SSSR count). The highest BCUT2D eigenvalue weighted by molar-refractivity contribution is 6.38. The summed E-state index contributed by atoms with van der Waals surface area (Å²) in [4.78, 5) is 32.2. The van der Waals surface area contributed by atoms with E-state index < -0.39 is 11.8 Å². The summed E-state index contributed by atoms with van der Waals surface area (Å²) in [5.41, 5.74) is 2.40. The molecule has 0 radical (unpaired) electrons. The van der Waals surface area contributed by atoms with Crippen LogP contribution in [0.15, 0.2) is 48.7 Å². The molecule has 4 aromatic rings. The second-order valence-electron chi connectivity index (χ2n) is 6.83. The quantitative estimate of drug-likeness (QED) is 0.486. The molecular formula is C22H15ClN4O4. The molecule has 0 saturated carbocycles. The SMILES string of the molecule is COc1ccc(OC)c(N2C(=O)c3cnc4n[nH]c(-c5ccc(Cl)cc5)c4c3C2=O)c1. The number of aromatic amines is 1. The Morgan fingerprint density at radius 3 is 2.48 bits per heavy atom. The van der Waals surface area contributed by atoms with Gasteiger partial charge in [0.05, 0.1) is 42.1 Å². The van der Waals surface area contributed by atoms with Gasteiger partial charge in [0.2, 0.25) is 0 Å². The molecule has 2 aromatic carbocycles. The lowest BCUT2D eigenvalue weighted by atomic mass is 10.0. The number of imide groups is 1. The Bertz CT molecular complexity index is 1360. The van der Waals surface area contributed by atoms with E-state index in [0.717, 1.165) is 10.5 Å². The number of hydrogen-bond acceptors (Lipinski definition) is 6. The van der Waals surface area contributed by atoms with Crippen LogP contribution in [0, 0.1) is 0 Å². The van der Waals surface area contributed by atoms with E-state index in [4.69, 9.17) is 21.1 Å². The van der Waals surface area contributed by atoms with Gasteiger partial charge in [-0.25, -0.2) is 9.88 Å². The molecule has 0 unspecified atom stereocenters. The van der Waals surface area contributed by atoms with Crippen LogP contribution in [0.5, 0.6) is 11.5 Å². The van der Waals surface area contributed by atoms with Crippen molar-refractivity contribution in [3.63, 3.8) is 0 Å². The highest BCUT2D eigenvalue weighted by atomic mass is 35.5. The second kappa shape index (κ2) is 7.10. The van der Waals surface area contributed by atoms with Crippen LogP contribution in [0.4, 0.5) is 5.69 Å². The van der Waals surface area contributed by atoms with E-state index in [0.29, 0.717) is 33.2 Å². The predicted molar refractivity (Wildman–Crippen MR) is 115 cm³/mol. The fourth-order valence-electron chi connectivity index (χ4n) is 3.71. The number of carbonyl (C=O) groups is 2. The number of H-pyrrole nitrogens is 1. The van der Waals surface area contributed by atoms with Crippen molar-refractivity contribution in [2.24, 2.45) is 0 Å². The molecule has 2 aromatic heterocycles. The summed E-state index contributed by atoms with van der Waals surface area (Å²) in [5, 5.41) is 8.20. The van der Waals surface area contributed by atoms with E-state index in [1.54, 1.807) is 42.5 Å². The first-order valence-electron chi connectivity index (χ1n) is 9.27. The molecule has 154 valence electrons. The van der Waals surface area contributed by atoms with Gasteiger partial charge in [0, 0.05) is 22.8 Å². The largest absolute Gasteiger partial charge is 0.497 e. The van der Waals surface area contributed by atoms with Crippen LogP contribution in [0.2, 0.25) is 5.02 Å². The lowest BCUT2D eigenvalue weighted by molar-refractivity contribution is 0.0925. The third-order valence-corrected chi connectivity index (χ3v) is 5.44. The zero-order valence-corrected chi connectivity index (χ0v) is 17.2. The zero-order chi connectivity index (χ0) is 21.7. The average Bonchev–Trinajstić information content (AvgIpc) is 3.32. The van der Waals surface area contributed by atoms with Crippen LogP contribution in [-0.4, -0.2) is 41.2 Å². The Kier molecular flexibility index (Phi) is 4.37. The number of aromatic nitrogens is 3. The minimum atomic E-state index is -0.496. The van der Waals surface area contributed by atoms with Crippen molar-refractivity contribution >= 4 is 40.1 Å². The van der Waals surface area contributed by atoms with Gasteiger partial charge >= 0.3 is 0 Å². The fourth-order valence-corrected chi connectivity index (χ4v) is 3.84. The smallest absolute Gasteiger partial charge is 0.267 e. The third kappa shape index (κ3) is 2.83. The standard InChI is InChI=1S/C22H15ClN4O4/c1-30-13-7-8-16(31-2)15(9-13)27-21(28)14-10-24-20-18(17(14)22(27)29)19(25-26-20)11-3-5-12(23)6-4-11/h3-10H,1-2H3,(H,24,25,26). The summed E-state index contributed by atoms with van der Waals surface area (Å²) in [6, 6.07) is 12.0. The number of carbonyl (C=O) groups excluding carboxylic acids is 2. The first kappa shape index (κ1) is 19.1. The number of nitrogens with one attached hydrogen (secondary N) is 1. The lowest BCUT2D eigenvalue weighted by Crippen LogP contribution is -2.29. The number of rotatable bonds is 4. The first-order valence-corrected chi connectivity index (χ1v) is 9.65. The van der Waals surface area contributed by atoms with Crippen LogP contribution in [0.25, 0.3) is 22.3 Å². The molecule has 0 fully saturated rings. The molecular weight excluding hydrogens is 420 g/mol. The Morgan fingerprint density at radius 1 is 1.00 bits per heavy atom. The van der Waals surface area contributed by atoms with Crippen molar-refractivity contribution in [1.29, 1.82) is 0 Å². The number of methoxy groups -OCH3 is 2. The monoisotopic (exact) mass is 434 g/mol. The van der Waals surface area contributed by atoms with Crippen LogP contribution in [-0.2, 0) is 0 Å². The van der Waals surface area contributed by atoms with Gasteiger partial charge in [0.15, 0.2) is 5.65 Å². The van der Waals surface area contributed by atoms with Crippen LogP contribution >= 0.6 is 11.6 Å². The number of halogens is 1. The van der Waals surface area contributed by atoms with Crippen molar-refractivity contribution < 1.29 is 19.1 Å². The predicted octanol–water partition coefficient (Wildman–Crippen LogP) is 4.10. The van der Waals surface area contributed by atoms with E-state index in [1.165, 1.54) is 20.4 Å². The number of amides is 2. The molecule has 0 saturated heterocycles. The number of nitrogens with zero attached hydrogens (tertiary/aromatic N) is 3. The summed E-state index contributed by atoms with van der Waals surface area (Å²) in [7, 11) is 2.98. The Morgan fingerprint density at radius 2 is 1.77 bits per heavy atom. The number of anilines is 1. The third-order valence-electron chi connectivity index (χ3n) is 5.19. The molecule has 3 heterocycles. The number of benzene rings is 2. The minimum absolute atomic E-state index is 0.194. The second-order valence-corrected chi connectivity index (χ2v) is 7.27. The molecule has 8 nitrogen and oxygen atoms in total. The Balaban J connectivity index is 1.72. The maximum Gasteiger partial charge on any atom is 0.267 e. The Labute approximate surface area is 181 Å². The van der Waals surface area contributed by atoms with Crippen molar-refractivity contribution in [1.82, 2.24) is 15.2 Å². The average molecular weight is 435 g/mol. The molecule has 1 N–H and O–H groups in total. The van der Waals surface area contributed by atoms with Crippen molar-refractivity contribution in [3.8, 4) is 22.8 Å². The van der Waals surface area contributed by atoms with Gasteiger partial charge in [0.1, 0.15) is 11.5 Å². The van der Waals surface area contributed by atoms with E-state index in [9.17, 15) is 9.59 Å². The summed E-state index contributed by atoms with van der Waals surface area (Å²) in [6.07, 6.45) is 1.37. The maximum atomic E-state index is 13.5. The fraction of sp³-hybridized carbons (Fsp3) is 0.0909. The molecule has 31 heavy (non-hydrogen) atoms. The first-order chi connectivity index (χ1) is 15.0. The molecule has 0 bridgehead atoms. The zero-order valence-electron chi connectivity index (χ0n) is 16.5. The van der Waals surface area contributed by atoms with E-state index in [-0.39, 0.29) is 16.8 Å². The van der Waals surface area contributed by atoms with E-state index in [2.05, 4.69) is 15.2 Å². The molecule has 0 aliphatic carbocycles. The summed E-state index contributed by atoms with van der Waals surface area (Å²) in [5.74, 6) is -0.134. The lowest BCUT2D eigenvalue weighted by Gasteiger charge is -2.18.